The average molecular weight is 333 g/mol. The number of nitrogens with zero attached hydrogens (tertiary/aromatic N) is 2. The zero-order valence-electron chi connectivity index (χ0n) is 10.3. The largest absolute Gasteiger partial charge is 0.382 e. The van der Waals surface area contributed by atoms with Gasteiger partial charge in [0.05, 0.1) is 15.7 Å². The van der Waals surface area contributed by atoms with Crippen LogP contribution in [0.3, 0.4) is 0 Å². The number of aromatic amines is 1. The number of nitrogen functional groups attached to an aromatic ring is 1. The van der Waals surface area contributed by atoms with Gasteiger partial charge in [0.15, 0.2) is 5.82 Å². The van der Waals surface area contributed by atoms with Crippen LogP contribution >= 0.6 is 15.9 Å². The molecule has 4 nitrogen and oxygen atoms in total. The number of rotatable bonds is 2. The van der Waals surface area contributed by atoms with Crippen molar-refractivity contribution in [3.63, 3.8) is 0 Å². The first kappa shape index (κ1) is 12.8. The van der Waals surface area contributed by atoms with Gasteiger partial charge < -0.3 is 5.73 Å². The maximum absolute atomic E-state index is 13.7. The minimum atomic E-state index is -0.337. The van der Waals surface area contributed by atoms with Crippen LogP contribution in [-0.4, -0.2) is 15.2 Å². The summed E-state index contributed by atoms with van der Waals surface area (Å²) in [5.41, 5.74) is 8.87. The number of hydrogen-bond acceptors (Lipinski definition) is 3. The SMILES string of the molecule is Nc1n[nH]c(-c2cccc(F)c2Br)c1-c1ccncc1. The Hall–Kier alpha value is -2.21. The predicted molar refractivity (Wildman–Crippen MR) is 79.3 cm³/mol. The highest BCUT2D eigenvalue weighted by Crippen LogP contribution is 2.38. The first-order valence-electron chi connectivity index (χ1n) is 5.87. The second-order valence-electron chi connectivity index (χ2n) is 4.20. The van der Waals surface area contributed by atoms with Crippen molar-refractivity contribution < 1.29 is 4.39 Å². The van der Waals surface area contributed by atoms with Gasteiger partial charge in [-0.15, -0.1) is 0 Å². The van der Waals surface area contributed by atoms with Crippen LogP contribution < -0.4 is 5.73 Å². The van der Waals surface area contributed by atoms with Crippen LogP contribution in [0.5, 0.6) is 0 Å². The summed E-state index contributed by atoms with van der Waals surface area (Å²) in [5, 5.41) is 6.89. The molecule has 0 unspecified atom stereocenters. The zero-order valence-corrected chi connectivity index (χ0v) is 11.9. The molecule has 0 amide bonds. The fourth-order valence-electron chi connectivity index (χ4n) is 2.06. The number of hydrogen-bond donors (Lipinski definition) is 2. The average Bonchev–Trinajstić information content (AvgIpc) is 2.84. The van der Waals surface area contributed by atoms with E-state index in [-0.39, 0.29) is 5.82 Å². The van der Waals surface area contributed by atoms with E-state index >= 15 is 0 Å². The molecule has 2 heterocycles. The van der Waals surface area contributed by atoms with Gasteiger partial charge in [-0.1, -0.05) is 12.1 Å². The molecule has 0 spiro atoms. The van der Waals surface area contributed by atoms with Crippen molar-refractivity contribution in [3.05, 3.63) is 53.0 Å². The van der Waals surface area contributed by atoms with E-state index in [1.807, 2.05) is 12.1 Å². The number of halogens is 2. The molecule has 0 atom stereocenters. The summed E-state index contributed by atoms with van der Waals surface area (Å²) in [7, 11) is 0. The number of benzene rings is 1. The fourth-order valence-corrected chi connectivity index (χ4v) is 2.52. The molecule has 2 aromatic heterocycles. The molecule has 100 valence electrons. The van der Waals surface area contributed by atoms with Gasteiger partial charge in [-0.2, -0.15) is 5.10 Å². The highest BCUT2D eigenvalue weighted by molar-refractivity contribution is 9.10. The van der Waals surface area contributed by atoms with Crippen LogP contribution in [0.4, 0.5) is 10.2 Å². The minimum absolute atomic E-state index is 0.337. The Morgan fingerprint density at radius 1 is 1.15 bits per heavy atom. The van der Waals surface area contributed by atoms with E-state index in [1.165, 1.54) is 6.07 Å². The van der Waals surface area contributed by atoms with Gasteiger partial charge >= 0.3 is 0 Å². The predicted octanol–water partition coefficient (Wildman–Crippen LogP) is 3.62. The molecule has 0 radical (unpaired) electrons. The van der Waals surface area contributed by atoms with Crippen LogP contribution in [0.1, 0.15) is 0 Å². The van der Waals surface area contributed by atoms with Crippen LogP contribution in [0.2, 0.25) is 0 Å². The number of anilines is 1. The molecule has 0 fully saturated rings. The quantitative estimate of drug-likeness (QED) is 0.753. The Bertz CT molecular complexity index is 755. The fraction of sp³-hybridized carbons (Fsp3) is 0. The van der Waals surface area contributed by atoms with Crippen molar-refractivity contribution in [2.24, 2.45) is 0 Å². The van der Waals surface area contributed by atoms with Gasteiger partial charge in [0, 0.05) is 18.0 Å². The minimum Gasteiger partial charge on any atom is -0.382 e. The Labute approximate surface area is 123 Å². The molecule has 3 N–H and O–H groups in total. The Balaban J connectivity index is 2.24. The van der Waals surface area contributed by atoms with E-state index in [0.717, 1.165) is 11.1 Å². The third-order valence-corrected chi connectivity index (χ3v) is 3.79. The van der Waals surface area contributed by atoms with E-state index in [0.29, 0.717) is 21.5 Å². The van der Waals surface area contributed by atoms with Gasteiger partial charge in [-0.25, -0.2) is 4.39 Å². The first-order valence-corrected chi connectivity index (χ1v) is 6.66. The normalized spacial score (nSPS) is 10.7. The van der Waals surface area contributed by atoms with E-state index in [9.17, 15) is 4.39 Å². The lowest BCUT2D eigenvalue weighted by atomic mass is 10.0. The lowest BCUT2D eigenvalue weighted by molar-refractivity contribution is 0.621. The molecule has 0 bridgehead atoms. The van der Waals surface area contributed by atoms with Crippen LogP contribution in [0.25, 0.3) is 22.4 Å². The Morgan fingerprint density at radius 3 is 2.65 bits per heavy atom. The maximum Gasteiger partial charge on any atom is 0.153 e. The van der Waals surface area contributed by atoms with Crippen molar-refractivity contribution in [2.75, 3.05) is 5.73 Å². The van der Waals surface area contributed by atoms with Gasteiger partial charge in [0.25, 0.3) is 0 Å². The third-order valence-electron chi connectivity index (χ3n) is 2.98. The third kappa shape index (κ3) is 2.08. The lowest BCUT2D eigenvalue weighted by Gasteiger charge is -2.07. The second kappa shape index (κ2) is 5.05. The summed E-state index contributed by atoms with van der Waals surface area (Å²) in [6.07, 6.45) is 3.35. The van der Waals surface area contributed by atoms with Crippen LogP contribution in [0.15, 0.2) is 47.2 Å². The van der Waals surface area contributed by atoms with Crippen molar-refractivity contribution in [1.29, 1.82) is 0 Å². The number of H-pyrrole nitrogens is 1. The number of nitrogens with one attached hydrogen (secondary N) is 1. The standard InChI is InChI=1S/C14H10BrFN4/c15-12-9(2-1-3-10(12)16)13-11(14(17)20-19-13)8-4-6-18-7-5-8/h1-7H,(H3,17,19,20). The summed E-state index contributed by atoms with van der Waals surface area (Å²) >= 11 is 3.26. The summed E-state index contributed by atoms with van der Waals surface area (Å²) in [5.74, 6) is 0.0266. The summed E-state index contributed by atoms with van der Waals surface area (Å²) in [6, 6.07) is 8.49. The number of aromatic nitrogens is 3. The number of pyridine rings is 1. The highest BCUT2D eigenvalue weighted by Gasteiger charge is 2.17. The van der Waals surface area contributed by atoms with E-state index in [4.69, 9.17) is 5.73 Å². The highest BCUT2D eigenvalue weighted by atomic mass is 79.9. The molecule has 0 saturated carbocycles. The monoisotopic (exact) mass is 332 g/mol. The van der Waals surface area contributed by atoms with E-state index in [2.05, 4.69) is 31.1 Å². The molecule has 1 aromatic carbocycles. The van der Waals surface area contributed by atoms with Crippen LogP contribution in [0, 0.1) is 5.82 Å². The molecule has 6 heteroatoms. The van der Waals surface area contributed by atoms with Crippen molar-refractivity contribution >= 4 is 21.7 Å². The summed E-state index contributed by atoms with van der Waals surface area (Å²) < 4.78 is 14.1. The molecular formula is C14H10BrFN4. The zero-order chi connectivity index (χ0) is 14.1. The molecule has 0 aliphatic carbocycles. The topological polar surface area (TPSA) is 67.6 Å². The maximum atomic E-state index is 13.7. The van der Waals surface area contributed by atoms with E-state index < -0.39 is 0 Å². The number of nitrogens with two attached hydrogens (primary N) is 1. The summed E-state index contributed by atoms with van der Waals surface area (Å²) in [6.45, 7) is 0. The molecule has 0 aliphatic heterocycles. The van der Waals surface area contributed by atoms with Crippen LogP contribution in [-0.2, 0) is 0 Å². The first-order chi connectivity index (χ1) is 9.68. The van der Waals surface area contributed by atoms with Gasteiger partial charge in [-0.3, -0.25) is 10.1 Å². The molecule has 3 rings (SSSR count). The molecule has 0 saturated heterocycles. The van der Waals surface area contributed by atoms with Crippen molar-refractivity contribution in [2.45, 2.75) is 0 Å². The molecule has 3 aromatic rings. The smallest absolute Gasteiger partial charge is 0.153 e. The lowest BCUT2D eigenvalue weighted by Crippen LogP contribution is -1.90. The van der Waals surface area contributed by atoms with Crippen molar-refractivity contribution in [1.82, 2.24) is 15.2 Å². The molecule has 0 aliphatic rings. The van der Waals surface area contributed by atoms with E-state index in [1.54, 1.807) is 24.5 Å². The Kier molecular flexibility index (Phi) is 3.23. The van der Waals surface area contributed by atoms with Crippen molar-refractivity contribution in [3.8, 4) is 22.4 Å². The summed E-state index contributed by atoms with van der Waals surface area (Å²) in [4.78, 5) is 3.98. The van der Waals surface area contributed by atoms with Gasteiger partial charge in [0.2, 0.25) is 0 Å². The Morgan fingerprint density at radius 2 is 1.90 bits per heavy atom. The van der Waals surface area contributed by atoms with Gasteiger partial charge in [0.1, 0.15) is 5.82 Å². The molecular weight excluding hydrogens is 323 g/mol. The van der Waals surface area contributed by atoms with Gasteiger partial charge in [-0.05, 0) is 39.7 Å². The molecule has 20 heavy (non-hydrogen) atoms. The second-order valence-corrected chi connectivity index (χ2v) is 4.99.